The van der Waals surface area contributed by atoms with Crippen molar-refractivity contribution in [2.24, 2.45) is 0 Å². The zero-order valence-electron chi connectivity index (χ0n) is 17.1. The Labute approximate surface area is 163 Å². The lowest BCUT2D eigenvalue weighted by molar-refractivity contribution is 0.221. The van der Waals surface area contributed by atoms with E-state index in [0.717, 1.165) is 49.9 Å². The number of aromatic nitrogens is 1. The lowest BCUT2D eigenvalue weighted by Gasteiger charge is -2.26. The Morgan fingerprint density at radius 2 is 1.85 bits per heavy atom. The van der Waals surface area contributed by atoms with Crippen molar-refractivity contribution in [2.75, 3.05) is 13.1 Å². The van der Waals surface area contributed by atoms with Crippen molar-refractivity contribution in [1.82, 2.24) is 9.47 Å². The maximum Gasteiger partial charge on any atom is 0.123 e. The van der Waals surface area contributed by atoms with Gasteiger partial charge < -0.3 is 4.57 Å². The van der Waals surface area contributed by atoms with Crippen LogP contribution in [0.3, 0.4) is 0 Å². The lowest BCUT2D eigenvalue weighted by atomic mass is 10.1. The average Bonchev–Trinajstić information content (AvgIpc) is 2.97. The third kappa shape index (κ3) is 5.55. The van der Waals surface area contributed by atoms with Crippen molar-refractivity contribution in [1.29, 1.82) is 0 Å². The molecule has 1 aliphatic heterocycles. The van der Waals surface area contributed by atoms with Crippen LogP contribution in [0.25, 0.3) is 10.9 Å². The van der Waals surface area contributed by atoms with Crippen molar-refractivity contribution >= 4 is 10.9 Å². The number of hydrogen-bond acceptors (Lipinski definition) is 1. The fourth-order valence-electron chi connectivity index (χ4n) is 3.92. The number of hydrogen-bond donors (Lipinski definition) is 0. The lowest BCUT2D eigenvalue weighted by Crippen LogP contribution is -2.28. The molecule has 0 amide bonds. The van der Waals surface area contributed by atoms with E-state index in [0.29, 0.717) is 0 Å². The molecule has 1 saturated heterocycles. The molecule has 2 nitrogen and oxygen atoms in total. The molecule has 1 aliphatic rings. The molecule has 27 heavy (non-hydrogen) atoms. The third-order valence-electron chi connectivity index (χ3n) is 5.50. The van der Waals surface area contributed by atoms with Gasteiger partial charge in [-0.2, -0.15) is 0 Å². The molecule has 0 aliphatic carbocycles. The standard InChI is InChI=1S/C24H33FN2/c1-19(2)8-7-9-20(3)12-15-27-18-21(17-26-13-5-4-6-14-26)23-16-22(25)10-11-24(23)27/h8,10-12,16,18H,4-7,9,13-15,17H2,1-3H3. The van der Waals surface area contributed by atoms with Crippen molar-refractivity contribution in [3.8, 4) is 0 Å². The van der Waals surface area contributed by atoms with Gasteiger partial charge in [-0.1, -0.05) is 29.7 Å². The van der Waals surface area contributed by atoms with E-state index in [2.05, 4.69) is 48.6 Å². The van der Waals surface area contributed by atoms with E-state index in [1.54, 1.807) is 12.1 Å². The molecule has 0 radical (unpaired) electrons. The van der Waals surface area contributed by atoms with Crippen LogP contribution in [-0.2, 0) is 13.1 Å². The van der Waals surface area contributed by atoms with Crippen LogP contribution in [0.4, 0.5) is 4.39 Å². The predicted octanol–water partition coefficient (Wildman–Crippen LogP) is 6.46. The van der Waals surface area contributed by atoms with Crippen molar-refractivity contribution in [3.63, 3.8) is 0 Å². The summed E-state index contributed by atoms with van der Waals surface area (Å²) in [4.78, 5) is 2.51. The average molecular weight is 369 g/mol. The summed E-state index contributed by atoms with van der Waals surface area (Å²) in [5.41, 5.74) is 5.18. The molecule has 3 heteroatoms. The van der Waals surface area contributed by atoms with Crippen LogP contribution < -0.4 is 0 Å². The van der Waals surface area contributed by atoms with Gasteiger partial charge in [0.25, 0.3) is 0 Å². The SMILES string of the molecule is CC(C)=CCCC(C)=CCn1cc(CN2CCCCC2)c2cc(F)ccc21. The van der Waals surface area contributed by atoms with Gasteiger partial charge in [0.2, 0.25) is 0 Å². The quantitative estimate of drug-likeness (QED) is 0.509. The van der Waals surface area contributed by atoms with Crippen LogP contribution in [0.5, 0.6) is 0 Å². The molecule has 1 aromatic heterocycles. The second-order valence-corrected chi connectivity index (χ2v) is 8.18. The molecule has 3 rings (SSSR count). The van der Waals surface area contributed by atoms with Crippen LogP contribution in [0.2, 0.25) is 0 Å². The largest absolute Gasteiger partial charge is 0.343 e. The maximum atomic E-state index is 13.9. The van der Waals surface area contributed by atoms with Crippen molar-refractivity contribution in [3.05, 3.63) is 59.1 Å². The smallest absolute Gasteiger partial charge is 0.123 e. The fourth-order valence-corrected chi connectivity index (χ4v) is 3.92. The Morgan fingerprint density at radius 1 is 1.07 bits per heavy atom. The number of benzene rings is 1. The first-order chi connectivity index (χ1) is 13.0. The van der Waals surface area contributed by atoms with E-state index in [-0.39, 0.29) is 5.82 Å². The number of fused-ring (bicyclic) bond motifs is 1. The number of halogens is 1. The third-order valence-corrected chi connectivity index (χ3v) is 5.50. The molecular weight excluding hydrogens is 335 g/mol. The fraction of sp³-hybridized carbons (Fsp3) is 0.500. The van der Waals surface area contributed by atoms with E-state index < -0.39 is 0 Å². The number of piperidine rings is 1. The highest BCUT2D eigenvalue weighted by atomic mass is 19.1. The molecule has 0 spiro atoms. The van der Waals surface area contributed by atoms with Gasteiger partial charge in [-0.25, -0.2) is 4.39 Å². The van der Waals surface area contributed by atoms with Crippen molar-refractivity contribution in [2.45, 2.75) is 66.0 Å². The molecule has 1 aromatic carbocycles. The van der Waals surface area contributed by atoms with E-state index in [4.69, 9.17) is 0 Å². The molecule has 0 bridgehead atoms. The topological polar surface area (TPSA) is 8.17 Å². The molecule has 1 fully saturated rings. The molecule has 2 aromatic rings. The highest BCUT2D eigenvalue weighted by Crippen LogP contribution is 2.25. The molecule has 0 saturated carbocycles. The van der Waals surface area contributed by atoms with Crippen LogP contribution in [0.15, 0.2) is 47.7 Å². The maximum absolute atomic E-state index is 13.9. The van der Waals surface area contributed by atoms with Crippen LogP contribution >= 0.6 is 0 Å². The highest BCUT2D eigenvalue weighted by Gasteiger charge is 2.15. The normalized spacial score (nSPS) is 16.1. The van der Waals surface area contributed by atoms with Crippen LogP contribution in [0.1, 0.15) is 58.4 Å². The molecule has 0 N–H and O–H groups in total. The Kier molecular flexibility index (Phi) is 6.89. The van der Waals surface area contributed by atoms with Gasteiger partial charge >= 0.3 is 0 Å². The Hall–Kier alpha value is -1.87. The first kappa shape index (κ1) is 19.9. The minimum Gasteiger partial charge on any atom is -0.343 e. The predicted molar refractivity (Wildman–Crippen MR) is 113 cm³/mol. The van der Waals surface area contributed by atoms with E-state index in [9.17, 15) is 4.39 Å². The number of allylic oxidation sites excluding steroid dienone is 4. The van der Waals surface area contributed by atoms with Gasteiger partial charge in [-0.3, -0.25) is 4.90 Å². The zero-order chi connectivity index (χ0) is 19.2. The van der Waals surface area contributed by atoms with Crippen LogP contribution in [-0.4, -0.2) is 22.6 Å². The van der Waals surface area contributed by atoms with E-state index in [1.807, 2.05) is 6.07 Å². The van der Waals surface area contributed by atoms with Gasteiger partial charge in [-0.05, 0) is 83.3 Å². The Bertz CT molecular complexity index is 818. The molecule has 2 heterocycles. The van der Waals surface area contributed by atoms with Gasteiger partial charge in [-0.15, -0.1) is 0 Å². The monoisotopic (exact) mass is 368 g/mol. The summed E-state index contributed by atoms with van der Waals surface area (Å²) < 4.78 is 16.2. The van der Waals surface area contributed by atoms with Gasteiger partial charge in [0.05, 0.1) is 0 Å². The van der Waals surface area contributed by atoms with E-state index >= 15 is 0 Å². The second kappa shape index (κ2) is 9.36. The minimum absolute atomic E-state index is 0.145. The summed E-state index contributed by atoms with van der Waals surface area (Å²) in [5, 5.41) is 1.07. The molecule has 146 valence electrons. The summed E-state index contributed by atoms with van der Waals surface area (Å²) in [6.07, 6.45) is 12.9. The number of nitrogens with zero attached hydrogens (tertiary/aromatic N) is 2. The number of likely N-dealkylation sites (tertiary alicyclic amines) is 1. The summed E-state index contributed by atoms with van der Waals surface area (Å²) in [6, 6.07) is 5.21. The molecule has 0 unspecified atom stereocenters. The Morgan fingerprint density at radius 3 is 2.59 bits per heavy atom. The summed E-state index contributed by atoms with van der Waals surface area (Å²) in [7, 11) is 0. The van der Waals surface area contributed by atoms with Crippen molar-refractivity contribution < 1.29 is 4.39 Å². The second-order valence-electron chi connectivity index (χ2n) is 8.18. The summed E-state index contributed by atoms with van der Waals surface area (Å²) in [5.74, 6) is -0.145. The van der Waals surface area contributed by atoms with Gasteiger partial charge in [0, 0.05) is 30.2 Å². The van der Waals surface area contributed by atoms with E-state index in [1.165, 1.54) is 36.0 Å². The zero-order valence-corrected chi connectivity index (χ0v) is 17.1. The first-order valence-electron chi connectivity index (χ1n) is 10.3. The molecule has 0 atom stereocenters. The number of rotatable bonds is 7. The Balaban J connectivity index is 1.77. The van der Waals surface area contributed by atoms with Crippen LogP contribution in [0, 0.1) is 5.82 Å². The molecular formula is C24H33FN2. The first-order valence-corrected chi connectivity index (χ1v) is 10.3. The minimum atomic E-state index is -0.145. The summed E-state index contributed by atoms with van der Waals surface area (Å²) in [6.45, 7) is 10.6. The highest BCUT2D eigenvalue weighted by molar-refractivity contribution is 5.84. The van der Waals surface area contributed by atoms with Gasteiger partial charge in [0.15, 0.2) is 0 Å². The van der Waals surface area contributed by atoms with Gasteiger partial charge in [0.1, 0.15) is 5.82 Å². The summed E-state index contributed by atoms with van der Waals surface area (Å²) >= 11 is 0.